The third-order valence-electron chi connectivity index (χ3n) is 6.67. The van der Waals surface area contributed by atoms with Crippen LogP contribution < -0.4 is 10.1 Å². The van der Waals surface area contributed by atoms with Crippen LogP contribution in [0.1, 0.15) is 76.6 Å². The molecule has 0 saturated carbocycles. The van der Waals surface area contributed by atoms with Crippen LogP contribution in [0.25, 0.3) is 10.9 Å². The molecule has 0 fully saturated rings. The van der Waals surface area contributed by atoms with Gasteiger partial charge in [-0.25, -0.2) is 0 Å². The number of phenolic OH excluding ortho intramolecular Hbond substituents is 1. The van der Waals surface area contributed by atoms with E-state index < -0.39 is 0 Å². The van der Waals surface area contributed by atoms with Crippen molar-refractivity contribution in [3.8, 4) is 11.5 Å². The van der Waals surface area contributed by atoms with Crippen molar-refractivity contribution in [3.05, 3.63) is 59.3 Å². The smallest absolute Gasteiger partial charge is 0.148 e. The third kappa shape index (κ3) is 10.6. The van der Waals surface area contributed by atoms with Gasteiger partial charge in [0, 0.05) is 36.2 Å². The van der Waals surface area contributed by atoms with E-state index in [2.05, 4.69) is 24.1 Å². The molecule has 0 radical (unpaired) electrons. The number of hydrogen-bond donors (Lipinski definition) is 2. The summed E-state index contributed by atoms with van der Waals surface area (Å²) in [6, 6.07) is 13.0. The Bertz CT molecular complexity index is 1240. The zero-order valence-electron chi connectivity index (χ0n) is 25.2. The Hall–Kier alpha value is -3.45. The largest absolute Gasteiger partial charge is 0.508 e. The van der Waals surface area contributed by atoms with Crippen LogP contribution in [0, 0.1) is 6.92 Å². The first-order chi connectivity index (χ1) is 19.2. The molecule has 0 spiro atoms. The number of methoxy groups -OCH3 is 1. The van der Waals surface area contributed by atoms with E-state index in [9.17, 15) is 9.59 Å². The zero-order valence-corrected chi connectivity index (χ0v) is 25.2. The number of unbranched alkanes of at least 4 members (excludes halogenated alkanes) is 4. The molecular weight excluding hydrogens is 502 g/mol. The number of benzene rings is 2. The number of nitrogens with zero attached hydrogens (tertiary/aromatic N) is 2. The van der Waals surface area contributed by atoms with Crippen molar-refractivity contribution < 1.29 is 19.4 Å². The van der Waals surface area contributed by atoms with Crippen molar-refractivity contribution in [2.45, 2.75) is 79.7 Å². The highest BCUT2D eigenvalue weighted by molar-refractivity contribution is 5.95. The van der Waals surface area contributed by atoms with Gasteiger partial charge >= 0.3 is 0 Å². The summed E-state index contributed by atoms with van der Waals surface area (Å²) in [6.45, 7) is 11.8. The first-order valence-corrected chi connectivity index (χ1v) is 14.4. The van der Waals surface area contributed by atoms with Crippen molar-refractivity contribution in [1.82, 2.24) is 9.88 Å². The highest BCUT2D eigenvalue weighted by atomic mass is 16.5. The van der Waals surface area contributed by atoms with Crippen LogP contribution in [-0.4, -0.2) is 53.3 Å². The number of pyridine rings is 1. The maximum atomic E-state index is 11.4. The highest BCUT2D eigenvalue weighted by Gasteiger charge is 2.23. The maximum absolute atomic E-state index is 11.4. The van der Waals surface area contributed by atoms with E-state index in [1.165, 1.54) is 32.1 Å². The molecular formula is C33H47N3O4. The number of aromatic nitrogens is 1. The first kappa shape index (κ1) is 32.8. The van der Waals surface area contributed by atoms with Gasteiger partial charge in [-0.2, -0.15) is 0 Å². The van der Waals surface area contributed by atoms with E-state index in [-0.39, 0.29) is 17.3 Å². The Labute approximate surface area is 240 Å². The number of fused-ring (bicyclic) bond motifs is 2. The number of aryl methyl sites for hydroxylation is 1. The second-order valence-corrected chi connectivity index (χ2v) is 10.4. The average molecular weight is 550 g/mol. The number of anilines is 1. The van der Waals surface area contributed by atoms with Gasteiger partial charge < -0.3 is 15.2 Å². The predicted octanol–water partition coefficient (Wildman–Crippen LogP) is 6.87. The number of hydrogen-bond acceptors (Lipinski definition) is 7. The van der Waals surface area contributed by atoms with Crippen LogP contribution >= 0.6 is 0 Å². The van der Waals surface area contributed by atoms with Crippen molar-refractivity contribution in [1.29, 1.82) is 0 Å². The number of phenols is 1. The van der Waals surface area contributed by atoms with Crippen molar-refractivity contribution in [3.63, 3.8) is 0 Å². The summed E-state index contributed by atoms with van der Waals surface area (Å²) in [4.78, 5) is 29.7. The minimum Gasteiger partial charge on any atom is -0.508 e. The van der Waals surface area contributed by atoms with Crippen LogP contribution in [0.4, 0.5) is 5.69 Å². The molecule has 3 aromatic rings. The Morgan fingerprint density at radius 2 is 1.73 bits per heavy atom. The summed E-state index contributed by atoms with van der Waals surface area (Å²) in [7, 11) is 1.61. The SMILES string of the molecule is CC(=O)CNc1c2c(nc3ccccc13)CCN(CC(C)=O)C2.CCCCCCC.COc1ccc(O)cc1C. The van der Waals surface area contributed by atoms with E-state index in [0.29, 0.717) is 19.6 Å². The number of aromatic hydroxyl groups is 1. The van der Waals surface area contributed by atoms with E-state index >= 15 is 0 Å². The van der Waals surface area contributed by atoms with Crippen LogP contribution in [0.5, 0.6) is 11.5 Å². The molecule has 0 atom stereocenters. The second-order valence-electron chi connectivity index (χ2n) is 10.4. The van der Waals surface area contributed by atoms with Gasteiger partial charge in [-0.05, 0) is 50.6 Å². The minimum absolute atomic E-state index is 0.0936. The van der Waals surface area contributed by atoms with Crippen molar-refractivity contribution in [2.24, 2.45) is 0 Å². The molecule has 40 heavy (non-hydrogen) atoms. The van der Waals surface area contributed by atoms with E-state index in [4.69, 9.17) is 14.8 Å². The molecule has 0 unspecified atom stereocenters. The monoisotopic (exact) mass is 549 g/mol. The summed E-state index contributed by atoms with van der Waals surface area (Å²) in [5.74, 6) is 1.34. The average Bonchev–Trinajstić information content (AvgIpc) is 2.92. The molecule has 1 aromatic heterocycles. The Kier molecular flexibility index (Phi) is 14.2. The maximum Gasteiger partial charge on any atom is 0.148 e. The van der Waals surface area contributed by atoms with E-state index in [1.807, 2.05) is 31.2 Å². The number of carbonyl (C=O) groups is 2. The third-order valence-corrected chi connectivity index (χ3v) is 6.67. The van der Waals surface area contributed by atoms with Crippen LogP contribution in [0.2, 0.25) is 0 Å². The second kappa shape index (κ2) is 17.3. The Balaban J connectivity index is 0.000000271. The van der Waals surface area contributed by atoms with Gasteiger partial charge in [0.2, 0.25) is 0 Å². The summed E-state index contributed by atoms with van der Waals surface area (Å²) >= 11 is 0. The number of ether oxygens (including phenoxy) is 1. The predicted molar refractivity (Wildman–Crippen MR) is 164 cm³/mol. The topological polar surface area (TPSA) is 91.8 Å². The molecule has 218 valence electrons. The van der Waals surface area contributed by atoms with E-state index in [1.54, 1.807) is 39.2 Å². The fraction of sp³-hybridized carbons (Fsp3) is 0.485. The molecule has 2 N–H and O–H groups in total. The zero-order chi connectivity index (χ0) is 29.5. The normalized spacial score (nSPS) is 12.3. The molecule has 0 aliphatic carbocycles. The molecule has 0 saturated heterocycles. The number of rotatable bonds is 10. The van der Waals surface area contributed by atoms with Gasteiger partial charge in [0.25, 0.3) is 0 Å². The lowest BCUT2D eigenvalue weighted by molar-refractivity contribution is -0.118. The van der Waals surface area contributed by atoms with Gasteiger partial charge in [0.1, 0.15) is 23.1 Å². The minimum atomic E-state index is 0.0936. The van der Waals surface area contributed by atoms with Gasteiger partial charge in [-0.1, -0.05) is 64.2 Å². The molecule has 0 bridgehead atoms. The Morgan fingerprint density at radius 1 is 1.02 bits per heavy atom. The lowest BCUT2D eigenvalue weighted by Gasteiger charge is -2.29. The molecule has 0 amide bonds. The van der Waals surface area contributed by atoms with E-state index in [0.717, 1.165) is 52.1 Å². The molecule has 2 heterocycles. The van der Waals surface area contributed by atoms with Crippen molar-refractivity contribution >= 4 is 28.2 Å². The molecule has 1 aliphatic rings. The van der Waals surface area contributed by atoms with Gasteiger partial charge in [-0.3, -0.25) is 19.5 Å². The Morgan fingerprint density at radius 3 is 2.33 bits per heavy atom. The lowest BCUT2D eigenvalue weighted by Crippen LogP contribution is -2.35. The quantitative estimate of drug-likeness (QED) is 0.267. The molecule has 7 heteroatoms. The fourth-order valence-electron chi connectivity index (χ4n) is 4.65. The summed E-state index contributed by atoms with van der Waals surface area (Å²) in [6.07, 6.45) is 7.83. The highest BCUT2D eigenvalue weighted by Crippen LogP contribution is 2.32. The number of Topliss-reactive ketones (excluding diaryl/α,β-unsaturated/α-hetero) is 2. The van der Waals surface area contributed by atoms with Gasteiger partial charge in [-0.15, -0.1) is 0 Å². The number of nitrogens with one attached hydrogen (secondary N) is 1. The van der Waals surface area contributed by atoms with Crippen LogP contribution in [0.3, 0.4) is 0 Å². The lowest BCUT2D eigenvalue weighted by atomic mass is 9.99. The summed E-state index contributed by atoms with van der Waals surface area (Å²) in [5, 5.41) is 13.3. The van der Waals surface area contributed by atoms with Gasteiger partial charge in [0.05, 0.1) is 31.4 Å². The molecule has 7 nitrogen and oxygen atoms in total. The molecule has 2 aromatic carbocycles. The van der Waals surface area contributed by atoms with Crippen molar-refractivity contribution in [2.75, 3.05) is 32.1 Å². The summed E-state index contributed by atoms with van der Waals surface area (Å²) < 4.78 is 4.99. The van der Waals surface area contributed by atoms with Crippen LogP contribution in [0.15, 0.2) is 42.5 Å². The summed E-state index contributed by atoms with van der Waals surface area (Å²) in [5.41, 5.74) is 5.04. The number of carbonyl (C=O) groups excluding carboxylic acids is 2. The molecule has 4 rings (SSSR count). The standard InChI is InChI=1S/C18H21N3O2.C8H10O2.C7H16/c1-12(22)9-19-18-14-5-3-4-6-16(14)20-17-7-8-21(10-13(2)23)11-15(17)18;1-6-5-7(9)3-4-8(6)10-2;1-3-5-7-6-4-2/h3-6H,7-11H2,1-2H3,(H,19,20);3-5,9H,1-2H3;3-7H2,1-2H3. The van der Waals surface area contributed by atoms with Gasteiger partial charge in [0.15, 0.2) is 0 Å². The number of ketones is 2. The first-order valence-electron chi connectivity index (χ1n) is 14.4. The number of para-hydroxylation sites is 1. The van der Waals surface area contributed by atoms with Crippen LogP contribution in [-0.2, 0) is 22.6 Å². The molecule has 1 aliphatic heterocycles. The fourth-order valence-corrected chi connectivity index (χ4v) is 4.65.